The summed E-state index contributed by atoms with van der Waals surface area (Å²) in [7, 11) is 0. The molecule has 7 nitrogen and oxygen atoms in total. The Morgan fingerprint density at radius 2 is 2.00 bits per heavy atom. The summed E-state index contributed by atoms with van der Waals surface area (Å²) in [6.45, 7) is 4.57. The number of hydrogen-bond donors (Lipinski definition) is 4. The number of aliphatic hydroxyl groups excluding tert-OH is 2. The van der Waals surface area contributed by atoms with E-state index in [9.17, 15) is 10.2 Å². The van der Waals surface area contributed by atoms with E-state index in [2.05, 4.69) is 28.5 Å². The monoisotopic (exact) mass is 453 g/mol. The van der Waals surface area contributed by atoms with E-state index in [1.807, 2.05) is 48.8 Å². The van der Waals surface area contributed by atoms with Crippen molar-refractivity contribution in [2.45, 2.75) is 38.8 Å². The second-order valence-electron chi connectivity index (χ2n) is 8.60. The van der Waals surface area contributed by atoms with Crippen LogP contribution in [0.25, 0.3) is 26.3 Å². The van der Waals surface area contributed by atoms with E-state index in [4.69, 9.17) is 10.8 Å². The Morgan fingerprint density at radius 1 is 1.19 bits per heavy atom. The van der Waals surface area contributed by atoms with E-state index in [-0.39, 0.29) is 24.5 Å². The van der Waals surface area contributed by atoms with Crippen molar-refractivity contribution < 1.29 is 10.2 Å². The average Bonchev–Trinajstić information content (AvgIpc) is 3.41. The molecule has 1 aromatic carbocycles. The van der Waals surface area contributed by atoms with Crippen molar-refractivity contribution in [1.82, 2.24) is 14.6 Å². The fourth-order valence-electron chi connectivity index (χ4n) is 4.04. The molecule has 4 unspecified atom stereocenters. The molecule has 0 amide bonds. The van der Waals surface area contributed by atoms with Crippen molar-refractivity contribution in [1.29, 1.82) is 0 Å². The minimum absolute atomic E-state index is 0.0366. The molecule has 0 aliphatic carbocycles. The molecule has 0 aliphatic rings. The minimum Gasteiger partial charge on any atom is -0.396 e. The zero-order valence-electron chi connectivity index (χ0n) is 18.5. The van der Waals surface area contributed by atoms with Gasteiger partial charge in [-0.05, 0) is 60.9 Å². The molecule has 0 bridgehead atoms. The summed E-state index contributed by atoms with van der Waals surface area (Å²) in [6, 6.07) is 14.0. The van der Waals surface area contributed by atoms with E-state index < -0.39 is 6.10 Å². The van der Waals surface area contributed by atoms with Crippen molar-refractivity contribution in [2.75, 3.05) is 18.5 Å². The van der Waals surface area contributed by atoms with Gasteiger partial charge < -0.3 is 21.3 Å². The van der Waals surface area contributed by atoms with Crippen LogP contribution in [0.1, 0.15) is 26.7 Å². The van der Waals surface area contributed by atoms with Crippen molar-refractivity contribution in [3.8, 4) is 10.6 Å². The van der Waals surface area contributed by atoms with E-state index in [1.165, 1.54) is 10.1 Å². The fraction of sp³-hybridized carbons (Fsp3) is 0.417. The molecule has 3 heterocycles. The molecule has 0 aliphatic heterocycles. The molecule has 8 heteroatoms. The number of anilines is 1. The second-order valence-corrected chi connectivity index (χ2v) is 9.68. The summed E-state index contributed by atoms with van der Waals surface area (Å²) in [4.78, 5) is 5.62. The van der Waals surface area contributed by atoms with Gasteiger partial charge >= 0.3 is 0 Å². The Kier molecular flexibility index (Phi) is 7.05. The van der Waals surface area contributed by atoms with Crippen LogP contribution in [0.5, 0.6) is 0 Å². The first-order chi connectivity index (χ1) is 15.5. The van der Waals surface area contributed by atoms with E-state index in [1.54, 1.807) is 11.3 Å². The Hall–Kier alpha value is -2.52. The Bertz CT molecular complexity index is 1140. The summed E-state index contributed by atoms with van der Waals surface area (Å²) in [6.07, 6.45) is 2.60. The van der Waals surface area contributed by atoms with Gasteiger partial charge in [-0.3, -0.25) is 0 Å². The summed E-state index contributed by atoms with van der Waals surface area (Å²) in [5, 5.41) is 29.9. The van der Waals surface area contributed by atoms with Crippen molar-refractivity contribution in [3.05, 3.63) is 48.7 Å². The molecule has 170 valence electrons. The first-order valence-corrected chi connectivity index (χ1v) is 11.9. The molecule has 0 spiro atoms. The van der Waals surface area contributed by atoms with Crippen LogP contribution in [0.4, 0.5) is 5.82 Å². The third-order valence-corrected chi connectivity index (χ3v) is 7.10. The number of hydrogen-bond acceptors (Lipinski definition) is 7. The SMILES string of the molecule is CC(CO)CC(Nc1ccc2ncc(-c3cc4ccccc4s3)n2n1)C(O)C(C)CCN. The number of benzene rings is 1. The fourth-order valence-corrected chi connectivity index (χ4v) is 5.10. The van der Waals surface area contributed by atoms with Gasteiger partial charge in [0, 0.05) is 11.3 Å². The van der Waals surface area contributed by atoms with Gasteiger partial charge in [0.1, 0.15) is 11.5 Å². The molecule has 4 aromatic rings. The quantitative estimate of drug-likeness (QED) is 0.291. The lowest BCUT2D eigenvalue weighted by Crippen LogP contribution is -2.40. The summed E-state index contributed by atoms with van der Waals surface area (Å²) >= 11 is 1.71. The second kappa shape index (κ2) is 9.95. The highest BCUT2D eigenvalue weighted by Crippen LogP contribution is 2.33. The molecule has 0 fully saturated rings. The lowest BCUT2D eigenvalue weighted by atomic mass is 9.89. The van der Waals surface area contributed by atoms with Crippen molar-refractivity contribution in [3.63, 3.8) is 0 Å². The maximum Gasteiger partial charge on any atom is 0.154 e. The lowest BCUT2D eigenvalue weighted by Gasteiger charge is -2.30. The van der Waals surface area contributed by atoms with Crippen LogP contribution in [-0.2, 0) is 0 Å². The van der Waals surface area contributed by atoms with Crippen LogP contribution < -0.4 is 11.1 Å². The third kappa shape index (κ3) is 4.78. The summed E-state index contributed by atoms with van der Waals surface area (Å²) < 4.78 is 3.07. The number of thiophene rings is 1. The molecular weight excluding hydrogens is 422 g/mol. The number of aromatic nitrogens is 3. The number of imidazole rings is 1. The van der Waals surface area contributed by atoms with E-state index in [0.29, 0.717) is 18.8 Å². The highest BCUT2D eigenvalue weighted by atomic mass is 32.1. The van der Waals surface area contributed by atoms with Crippen LogP contribution in [0.15, 0.2) is 48.7 Å². The Labute approximate surface area is 191 Å². The highest BCUT2D eigenvalue weighted by Gasteiger charge is 2.26. The molecule has 3 aromatic heterocycles. The molecular formula is C24H31N5O2S. The molecule has 0 saturated carbocycles. The molecule has 4 rings (SSSR count). The number of nitrogens with one attached hydrogen (secondary N) is 1. The van der Waals surface area contributed by atoms with E-state index in [0.717, 1.165) is 22.6 Å². The van der Waals surface area contributed by atoms with Crippen LogP contribution in [0, 0.1) is 11.8 Å². The molecule has 4 atom stereocenters. The van der Waals surface area contributed by atoms with Gasteiger partial charge in [-0.15, -0.1) is 16.4 Å². The van der Waals surface area contributed by atoms with Crippen LogP contribution in [-0.4, -0.2) is 50.1 Å². The number of nitrogens with zero attached hydrogens (tertiary/aromatic N) is 3. The summed E-state index contributed by atoms with van der Waals surface area (Å²) in [5.41, 5.74) is 7.40. The predicted molar refractivity (Wildman–Crippen MR) is 131 cm³/mol. The van der Waals surface area contributed by atoms with Crippen molar-refractivity contribution in [2.24, 2.45) is 17.6 Å². The zero-order chi connectivity index (χ0) is 22.7. The Balaban J connectivity index is 1.64. The number of fused-ring (bicyclic) bond motifs is 2. The van der Waals surface area contributed by atoms with Gasteiger partial charge in [-0.2, -0.15) is 0 Å². The number of nitrogens with two attached hydrogens (primary N) is 1. The summed E-state index contributed by atoms with van der Waals surface area (Å²) in [5.74, 6) is 0.750. The normalized spacial score (nSPS) is 15.7. The highest BCUT2D eigenvalue weighted by molar-refractivity contribution is 7.22. The van der Waals surface area contributed by atoms with Gasteiger partial charge in [0.2, 0.25) is 0 Å². The zero-order valence-corrected chi connectivity index (χ0v) is 19.3. The van der Waals surface area contributed by atoms with Crippen LogP contribution >= 0.6 is 11.3 Å². The smallest absolute Gasteiger partial charge is 0.154 e. The van der Waals surface area contributed by atoms with Crippen LogP contribution in [0.2, 0.25) is 0 Å². The largest absolute Gasteiger partial charge is 0.396 e. The topological polar surface area (TPSA) is 109 Å². The van der Waals surface area contributed by atoms with Crippen molar-refractivity contribution >= 4 is 32.9 Å². The van der Waals surface area contributed by atoms with E-state index >= 15 is 0 Å². The first kappa shape index (κ1) is 22.7. The maximum atomic E-state index is 11.0. The third-order valence-electron chi connectivity index (χ3n) is 5.96. The lowest BCUT2D eigenvalue weighted by molar-refractivity contribution is 0.0805. The number of rotatable bonds is 10. The maximum absolute atomic E-state index is 11.0. The standard InChI is InChI=1S/C24H31N5O2S/c1-15(14-30)11-18(24(31)16(2)9-10-25)27-22-7-8-23-26-13-19(29(23)28-22)21-12-17-5-3-4-6-20(17)32-21/h3-8,12-13,15-16,18,24,30-31H,9-11,14,25H2,1-2H3,(H,27,28). The van der Waals surface area contributed by atoms with Gasteiger partial charge in [0.05, 0.1) is 23.2 Å². The predicted octanol–water partition coefficient (Wildman–Crippen LogP) is 3.76. The minimum atomic E-state index is -0.602. The van der Waals surface area contributed by atoms with Gasteiger partial charge in [0.15, 0.2) is 5.65 Å². The van der Waals surface area contributed by atoms with Gasteiger partial charge in [0.25, 0.3) is 0 Å². The number of aliphatic hydroxyl groups is 2. The average molecular weight is 454 g/mol. The van der Waals surface area contributed by atoms with Crippen LogP contribution in [0.3, 0.4) is 0 Å². The van der Waals surface area contributed by atoms with Gasteiger partial charge in [-0.25, -0.2) is 9.50 Å². The Morgan fingerprint density at radius 3 is 2.75 bits per heavy atom. The molecule has 0 radical (unpaired) electrons. The van der Waals surface area contributed by atoms with Gasteiger partial charge in [-0.1, -0.05) is 32.0 Å². The molecule has 0 saturated heterocycles. The molecule has 5 N–H and O–H groups in total. The molecule has 32 heavy (non-hydrogen) atoms. The first-order valence-electron chi connectivity index (χ1n) is 11.1.